The van der Waals surface area contributed by atoms with Crippen molar-refractivity contribution in [1.82, 2.24) is 10.3 Å². The van der Waals surface area contributed by atoms with Crippen molar-refractivity contribution in [1.29, 1.82) is 0 Å². The molecule has 1 heterocycles. The van der Waals surface area contributed by atoms with Gasteiger partial charge in [0.1, 0.15) is 10.8 Å². The molecule has 3 N–H and O–H groups in total. The first-order valence-electron chi connectivity index (χ1n) is 6.81. The lowest BCUT2D eigenvalue weighted by atomic mass is 10.2. The maximum atomic E-state index is 11.9. The Hall–Kier alpha value is -2.94. The number of methoxy groups -OCH3 is 1. The molecular formula is C15H15N3O5S. The molecule has 24 heavy (non-hydrogen) atoms. The third-order valence-electron chi connectivity index (χ3n) is 2.84. The normalized spacial score (nSPS) is 10.0. The molecule has 0 aliphatic heterocycles. The van der Waals surface area contributed by atoms with Gasteiger partial charge in [-0.05, 0) is 24.3 Å². The average molecular weight is 349 g/mol. The van der Waals surface area contributed by atoms with Gasteiger partial charge in [0, 0.05) is 10.9 Å². The predicted molar refractivity (Wildman–Crippen MR) is 86.6 cm³/mol. The largest absolute Gasteiger partial charge is 0.497 e. The van der Waals surface area contributed by atoms with Crippen molar-refractivity contribution in [3.8, 4) is 16.3 Å². The molecule has 0 radical (unpaired) electrons. The van der Waals surface area contributed by atoms with E-state index in [9.17, 15) is 14.4 Å². The number of carbonyl (C=O) groups excluding carboxylic acids is 3. The van der Waals surface area contributed by atoms with Crippen LogP contribution in [0.2, 0.25) is 0 Å². The number of primary amides is 1. The second kappa shape index (κ2) is 8.06. The van der Waals surface area contributed by atoms with Crippen molar-refractivity contribution < 1.29 is 23.9 Å². The smallest absolute Gasteiger partial charge is 0.358 e. The van der Waals surface area contributed by atoms with Crippen LogP contribution in [0, 0.1) is 0 Å². The SMILES string of the molecule is COc1ccc(-c2nc(C(=O)OCC(=O)NCC(N)=O)cs2)cc1. The van der Waals surface area contributed by atoms with Crippen LogP contribution in [0.25, 0.3) is 10.6 Å². The van der Waals surface area contributed by atoms with Gasteiger partial charge in [0.05, 0.1) is 13.7 Å². The van der Waals surface area contributed by atoms with E-state index in [1.54, 1.807) is 24.6 Å². The first kappa shape index (κ1) is 17.4. The molecule has 1 aromatic heterocycles. The number of esters is 1. The van der Waals surface area contributed by atoms with Crippen LogP contribution >= 0.6 is 11.3 Å². The summed E-state index contributed by atoms with van der Waals surface area (Å²) < 4.78 is 9.91. The maximum Gasteiger partial charge on any atom is 0.358 e. The Morgan fingerprint density at radius 2 is 1.96 bits per heavy atom. The molecule has 0 spiro atoms. The number of hydrogen-bond donors (Lipinski definition) is 2. The number of nitrogens with one attached hydrogen (secondary N) is 1. The van der Waals surface area contributed by atoms with Crippen molar-refractivity contribution in [3.63, 3.8) is 0 Å². The van der Waals surface area contributed by atoms with Gasteiger partial charge in [-0.1, -0.05) is 0 Å². The Morgan fingerprint density at radius 3 is 2.58 bits per heavy atom. The Bertz CT molecular complexity index is 742. The van der Waals surface area contributed by atoms with Crippen molar-refractivity contribution in [2.24, 2.45) is 5.73 Å². The van der Waals surface area contributed by atoms with Crippen LogP contribution in [-0.2, 0) is 14.3 Å². The van der Waals surface area contributed by atoms with E-state index in [0.717, 1.165) is 11.3 Å². The summed E-state index contributed by atoms with van der Waals surface area (Å²) in [7, 11) is 1.58. The molecule has 1 aromatic carbocycles. The van der Waals surface area contributed by atoms with Crippen LogP contribution in [0.15, 0.2) is 29.6 Å². The number of amides is 2. The minimum absolute atomic E-state index is 0.105. The zero-order valence-electron chi connectivity index (χ0n) is 12.8. The summed E-state index contributed by atoms with van der Waals surface area (Å²) in [6.07, 6.45) is 0. The van der Waals surface area contributed by atoms with E-state index in [0.29, 0.717) is 5.01 Å². The van der Waals surface area contributed by atoms with Crippen LogP contribution in [-0.4, -0.2) is 43.0 Å². The van der Waals surface area contributed by atoms with Crippen molar-refractivity contribution in [2.45, 2.75) is 0 Å². The van der Waals surface area contributed by atoms with Gasteiger partial charge in [-0.25, -0.2) is 9.78 Å². The molecule has 2 aromatic rings. The van der Waals surface area contributed by atoms with Crippen LogP contribution in [0.1, 0.15) is 10.5 Å². The zero-order valence-corrected chi connectivity index (χ0v) is 13.6. The fourth-order valence-electron chi connectivity index (χ4n) is 1.68. The van der Waals surface area contributed by atoms with Crippen LogP contribution in [0.4, 0.5) is 0 Å². The molecule has 0 aliphatic rings. The lowest BCUT2D eigenvalue weighted by Crippen LogP contribution is -2.36. The number of hydrogen-bond acceptors (Lipinski definition) is 7. The van der Waals surface area contributed by atoms with Gasteiger partial charge < -0.3 is 20.5 Å². The fourth-order valence-corrected chi connectivity index (χ4v) is 2.47. The summed E-state index contributed by atoms with van der Waals surface area (Å²) >= 11 is 1.28. The predicted octanol–water partition coefficient (Wildman–Crippen LogP) is 0.577. The molecular weight excluding hydrogens is 334 g/mol. The van der Waals surface area contributed by atoms with Gasteiger partial charge in [0.15, 0.2) is 12.3 Å². The van der Waals surface area contributed by atoms with Gasteiger partial charge in [-0.3, -0.25) is 9.59 Å². The standard InChI is InChI=1S/C15H15N3O5S/c1-22-10-4-2-9(3-5-10)14-18-11(8-24-14)15(21)23-7-13(20)17-6-12(16)19/h2-5,8H,6-7H2,1H3,(H2,16,19)(H,17,20). The Morgan fingerprint density at radius 1 is 1.25 bits per heavy atom. The Kier molecular flexibility index (Phi) is 5.85. The number of nitrogens with zero attached hydrogens (tertiary/aromatic N) is 1. The quantitative estimate of drug-likeness (QED) is 0.705. The van der Waals surface area contributed by atoms with E-state index >= 15 is 0 Å². The number of carbonyl (C=O) groups is 3. The second-order valence-electron chi connectivity index (χ2n) is 4.59. The molecule has 0 unspecified atom stereocenters. The first-order valence-corrected chi connectivity index (χ1v) is 7.69. The number of ether oxygens (including phenoxy) is 2. The molecule has 0 atom stereocenters. The third-order valence-corrected chi connectivity index (χ3v) is 3.74. The monoisotopic (exact) mass is 349 g/mol. The van der Waals surface area contributed by atoms with Gasteiger partial charge in [0.25, 0.3) is 5.91 Å². The van der Waals surface area contributed by atoms with Crippen molar-refractivity contribution in [2.75, 3.05) is 20.3 Å². The van der Waals surface area contributed by atoms with Crippen LogP contribution in [0.5, 0.6) is 5.75 Å². The fraction of sp³-hybridized carbons (Fsp3) is 0.200. The second-order valence-corrected chi connectivity index (χ2v) is 5.44. The highest BCUT2D eigenvalue weighted by Crippen LogP contribution is 2.25. The van der Waals surface area contributed by atoms with Crippen LogP contribution < -0.4 is 15.8 Å². The highest BCUT2D eigenvalue weighted by molar-refractivity contribution is 7.13. The third kappa shape index (κ3) is 4.78. The molecule has 126 valence electrons. The zero-order chi connectivity index (χ0) is 17.5. The molecule has 0 aliphatic carbocycles. The van der Waals surface area contributed by atoms with E-state index in [4.69, 9.17) is 15.2 Å². The molecule has 0 fully saturated rings. The van der Waals surface area contributed by atoms with E-state index in [2.05, 4.69) is 10.3 Å². The minimum atomic E-state index is -0.722. The first-order chi connectivity index (χ1) is 11.5. The molecule has 9 heteroatoms. The van der Waals surface area contributed by atoms with Crippen molar-refractivity contribution in [3.05, 3.63) is 35.3 Å². The van der Waals surface area contributed by atoms with Gasteiger partial charge in [-0.2, -0.15) is 0 Å². The number of aromatic nitrogens is 1. The van der Waals surface area contributed by atoms with E-state index in [1.165, 1.54) is 11.3 Å². The molecule has 0 saturated carbocycles. The molecule has 8 nitrogen and oxygen atoms in total. The lowest BCUT2D eigenvalue weighted by Gasteiger charge is -2.03. The molecule has 0 saturated heterocycles. The van der Waals surface area contributed by atoms with E-state index in [1.807, 2.05) is 12.1 Å². The highest BCUT2D eigenvalue weighted by Gasteiger charge is 2.15. The average Bonchev–Trinajstić information content (AvgIpc) is 3.08. The number of nitrogens with two attached hydrogens (primary N) is 1. The number of thiazole rings is 1. The lowest BCUT2D eigenvalue weighted by molar-refractivity contribution is -0.127. The molecule has 0 bridgehead atoms. The summed E-state index contributed by atoms with van der Waals surface area (Å²) in [6, 6.07) is 7.23. The number of benzene rings is 1. The Balaban J connectivity index is 1.93. The van der Waals surface area contributed by atoms with Gasteiger partial charge in [0.2, 0.25) is 5.91 Å². The summed E-state index contributed by atoms with van der Waals surface area (Å²) in [5.74, 6) is -1.30. The topological polar surface area (TPSA) is 121 Å². The maximum absolute atomic E-state index is 11.9. The van der Waals surface area contributed by atoms with Gasteiger partial charge >= 0.3 is 5.97 Å². The highest BCUT2D eigenvalue weighted by atomic mass is 32.1. The summed E-state index contributed by atoms with van der Waals surface area (Å²) in [4.78, 5) is 37.9. The van der Waals surface area contributed by atoms with Crippen molar-refractivity contribution >= 4 is 29.1 Å². The number of rotatable bonds is 7. The molecule has 2 amide bonds. The minimum Gasteiger partial charge on any atom is -0.497 e. The van der Waals surface area contributed by atoms with E-state index in [-0.39, 0.29) is 12.2 Å². The Labute approximate surface area is 141 Å². The summed E-state index contributed by atoms with van der Waals surface area (Å²) in [6.45, 7) is -0.823. The van der Waals surface area contributed by atoms with Gasteiger partial charge in [-0.15, -0.1) is 11.3 Å². The van der Waals surface area contributed by atoms with Crippen LogP contribution in [0.3, 0.4) is 0 Å². The summed E-state index contributed by atoms with van der Waals surface area (Å²) in [5.41, 5.74) is 5.82. The van der Waals surface area contributed by atoms with E-state index < -0.39 is 24.4 Å². The summed E-state index contributed by atoms with van der Waals surface area (Å²) in [5, 5.41) is 4.40. The molecule has 2 rings (SSSR count).